The summed E-state index contributed by atoms with van der Waals surface area (Å²) >= 11 is 0. The van der Waals surface area contributed by atoms with E-state index in [-0.39, 0.29) is 11.6 Å². The van der Waals surface area contributed by atoms with Crippen molar-refractivity contribution in [2.45, 2.75) is 64.2 Å². The fourth-order valence-electron chi connectivity index (χ4n) is 5.22. The predicted molar refractivity (Wildman–Crippen MR) is 140 cm³/mol. The van der Waals surface area contributed by atoms with E-state index < -0.39 is 0 Å². The van der Waals surface area contributed by atoms with Gasteiger partial charge in [0, 0.05) is 37.1 Å². The summed E-state index contributed by atoms with van der Waals surface area (Å²) in [5, 5.41) is 0. The van der Waals surface area contributed by atoms with Gasteiger partial charge in [-0.3, -0.25) is 9.59 Å². The number of hydrogen-bond acceptors (Lipinski definition) is 4. The highest BCUT2D eigenvalue weighted by Crippen LogP contribution is 2.22. The molecule has 0 saturated carbocycles. The summed E-state index contributed by atoms with van der Waals surface area (Å²) in [7, 11) is 0. The van der Waals surface area contributed by atoms with Gasteiger partial charge in [0.1, 0.15) is 0 Å². The van der Waals surface area contributed by atoms with E-state index >= 15 is 0 Å². The molecule has 2 heterocycles. The van der Waals surface area contributed by atoms with E-state index in [4.69, 9.17) is 0 Å². The number of ketones is 2. The smallest absolute Gasteiger partial charge is 0.164 e. The molecular weight excluding hydrogens is 420 g/mol. The van der Waals surface area contributed by atoms with Crippen LogP contribution in [0, 0.1) is 0 Å². The van der Waals surface area contributed by atoms with Gasteiger partial charge in [0.2, 0.25) is 0 Å². The zero-order chi connectivity index (χ0) is 23.6. The molecule has 2 saturated heterocycles. The van der Waals surface area contributed by atoms with Crippen LogP contribution in [-0.4, -0.2) is 60.6 Å². The number of hydrogen-bond donors (Lipinski definition) is 0. The number of carbonyl (C=O) groups is 2. The van der Waals surface area contributed by atoms with E-state index in [1.54, 1.807) is 0 Å². The monoisotopic (exact) mass is 460 g/mol. The molecule has 0 N–H and O–H groups in total. The van der Waals surface area contributed by atoms with Crippen LogP contribution in [0.15, 0.2) is 48.5 Å². The maximum atomic E-state index is 12.7. The average molecular weight is 461 g/mol. The van der Waals surface area contributed by atoms with Crippen LogP contribution in [0.3, 0.4) is 0 Å². The average Bonchev–Trinajstić information content (AvgIpc) is 3.31. The Morgan fingerprint density at radius 1 is 0.500 bits per heavy atom. The maximum Gasteiger partial charge on any atom is 0.164 e. The minimum atomic E-state index is 0.223. The van der Waals surface area contributed by atoms with E-state index in [9.17, 15) is 9.59 Å². The van der Waals surface area contributed by atoms with Crippen molar-refractivity contribution in [1.82, 2.24) is 9.80 Å². The van der Waals surface area contributed by atoms with E-state index in [0.717, 1.165) is 61.5 Å². The number of benzene rings is 2. The van der Waals surface area contributed by atoms with Gasteiger partial charge in [0.05, 0.1) is 0 Å². The van der Waals surface area contributed by atoms with Crippen LogP contribution in [0.5, 0.6) is 0 Å². The molecule has 0 bridgehead atoms. The second-order valence-electron chi connectivity index (χ2n) is 10.0. The molecule has 0 aromatic heterocycles. The molecule has 182 valence electrons. The van der Waals surface area contributed by atoms with E-state index in [1.165, 1.54) is 51.4 Å². The highest BCUT2D eigenvalue weighted by atomic mass is 16.1. The van der Waals surface area contributed by atoms with Gasteiger partial charge in [0.15, 0.2) is 11.6 Å². The predicted octanol–water partition coefficient (Wildman–Crippen LogP) is 6.25. The first-order valence-corrected chi connectivity index (χ1v) is 13.4. The number of likely N-dealkylation sites (tertiary alicyclic amines) is 2. The Hall–Kier alpha value is -2.30. The van der Waals surface area contributed by atoms with E-state index in [0.29, 0.717) is 12.8 Å². The fourth-order valence-corrected chi connectivity index (χ4v) is 5.22. The number of carbonyl (C=O) groups excluding carboxylic acids is 2. The number of nitrogens with zero attached hydrogens (tertiary/aromatic N) is 2. The lowest BCUT2D eigenvalue weighted by molar-refractivity contribution is 0.0957. The second-order valence-corrected chi connectivity index (χ2v) is 10.0. The summed E-state index contributed by atoms with van der Waals surface area (Å²) in [6.45, 7) is 6.25. The van der Waals surface area contributed by atoms with Crippen molar-refractivity contribution in [3.63, 3.8) is 0 Å². The number of rotatable bonds is 9. The van der Waals surface area contributed by atoms with E-state index in [1.807, 2.05) is 48.5 Å². The summed E-state index contributed by atoms with van der Waals surface area (Å²) in [5.74, 6) is 0.447. The molecule has 2 aliphatic rings. The normalized spacial score (nSPS) is 18.2. The highest BCUT2D eigenvalue weighted by Gasteiger charge is 2.14. The molecular formula is C30H40N2O2. The molecule has 0 radical (unpaired) electrons. The molecule has 0 spiro atoms. The first kappa shape index (κ1) is 24.8. The SMILES string of the molecule is O=C(CCN1CCCCCC1)c1ccc(-c2ccc(C(=O)CCN3CCCCCC3)cc2)cc1. The van der Waals surface area contributed by atoms with Gasteiger partial charge in [0.25, 0.3) is 0 Å². The molecule has 34 heavy (non-hydrogen) atoms. The Morgan fingerprint density at radius 2 is 0.824 bits per heavy atom. The Kier molecular flexibility index (Phi) is 9.46. The van der Waals surface area contributed by atoms with Crippen LogP contribution >= 0.6 is 0 Å². The molecule has 0 unspecified atom stereocenters. The molecule has 2 aromatic carbocycles. The summed E-state index contributed by atoms with van der Waals surface area (Å²) in [6, 6.07) is 15.9. The lowest BCUT2D eigenvalue weighted by Gasteiger charge is -2.19. The Morgan fingerprint density at radius 3 is 1.15 bits per heavy atom. The van der Waals surface area contributed by atoms with Crippen molar-refractivity contribution in [3.05, 3.63) is 59.7 Å². The van der Waals surface area contributed by atoms with Gasteiger partial charge in [-0.05, 0) is 63.0 Å². The summed E-state index contributed by atoms with van der Waals surface area (Å²) in [5.41, 5.74) is 3.73. The quantitative estimate of drug-likeness (QED) is 0.415. The molecule has 4 heteroatoms. The minimum Gasteiger partial charge on any atom is -0.303 e. The third-order valence-corrected chi connectivity index (χ3v) is 7.45. The van der Waals surface area contributed by atoms with Crippen molar-refractivity contribution >= 4 is 11.6 Å². The Bertz CT molecular complexity index is 826. The molecule has 2 aliphatic heterocycles. The largest absolute Gasteiger partial charge is 0.303 e. The molecule has 0 aliphatic carbocycles. The standard InChI is InChI=1S/C30H40N2O2/c33-29(17-23-31-19-5-1-2-6-20-31)27-13-9-25(10-14-27)26-11-15-28(16-12-26)30(34)18-24-32-21-7-3-4-8-22-32/h9-16H,1-8,17-24H2. The lowest BCUT2D eigenvalue weighted by Crippen LogP contribution is -2.27. The van der Waals surface area contributed by atoms with Crippen LogP contribution in [0.4, 0.5) is 0 Å². The Labute approximate surface area is 205 Å². The van der Waals surface area contributed by atoms with E-state index in [2.05, 4.69) is 9.80 Å². The van der Waals surface area contributed by atoms with Gasteiger partial charge < -0.3 is 9.80 Å². The zero-order valence-corrected chi connectivity index (χ0v) is 20.6. The molecule has 0 atom stereocenters. The van der Waals surface area contributed by atoms with Gasteiger partial charge in [-0.25, -0.2) is 0 Å². The fraction of sp³-hybridized carbons (Fsp3) is 0.533. The van der Waals surface area contributed by atoms with Crippen molar-refractivity contribution in [3.8, 4) is 11.1 Å². The highest BCUT2D eigenvalue weighted by molar-refractivity contribution is 5.97. The van der Waals surface area contributed by atoms with Gasteiger partial charge in [-0.1, -0.05) is 74.2 Å². The summed E-state index contributed by atoms with van der Waals surface area (Å²) in [4.78, 5) is 30.2. The van der Waals surface area contributed by atoms with Gasteiger partial charge in [-0.2, -0.15) is 0 Å². The Balaban J connectivity index is 1.27. The van der Waals surface area contributed by atoms with Gasteiger partial charge >= 0.3 is 0 Å². The van der Waals surface area contributed by atoms with Crippen molar-refractivity contribution < 1.29 is 9.59 Å². The molecule has 0 amide bonds. The molecule has 4 nitrogen and oxygen atoms in total. The van der Waals surface area contributed by atoms with Crippen LogP contribution < -0.4 is 0 Å². The first-order chi connectivity index (χ1) is 16.7. The molecule has 2 aromatic rings. The molecule has 4 rings (SSSR count). The topological polar surface area (TPSA) is 40.6 Å². The van der Waals surface area contributed by atoms with Crippen LogP contribution in [0.25, 0.3) is 11.1 Å². The van der Waals surface area contributed by atoms with Gasteiger partial charge in [-0.15, -0.1) is 0 Å². The maximum absolute atomic E-state index is 12.7. The van der Waals surface area contributed by atoms with Crippen molar-refractivity contribution in [2.75, 3.05) is 39.3 Å². The van der Waals surface area contributed by atoms with Crippen LogP contribution in [-0.2, 0) is 0 Å². The summed E-state index contributed by atoms with van der Waals surface area (Å²) in [6.07, 6.45) is 11.5. The van der Waals surface area contributed by atoms with Crippen molar-refractivity contribution in [2.24, 2.45) is 0 Å². The van der Waals surface area contributed by atoms with Crippen LogP contribution in [0.1, 0.15) is 84.9 Å². The lowest BCUT2D eigenvalue weighted by atomic mass is 9.99. The van der Waals surface area contributed by atoms with Crippen molar-refractivity contribution in [1.29, 1.82) is 0 Å². The first-order valence-electron chi connectivity index (χ1n) is 13.4. The third kappa shape index (κ3) is 7.35. The number of Topliss-reactive ketones (excluding diaryl/α,β-unsaturated/α-hetero) is 2. The third-order valence-electron chi connectivity index (χ3n) is 7.45. The minimum absolute atomic E-state index is 0.223. The molecule has 2 fully saturated rings. The second kappa shape index (κ2) is 13.0. The summed E-state index contributed by atoms with van der Waals surface area (Å²) < 4.78 is 0. The van der Waals surface area contributed by atoms with Crippen LogP contribution in [0.2, 0.25) is 0 Å². The zero-order valence-electron chi connectivity index (χ0n) is 20.6.